The fraction of sp³-hybridized carbons (Fsp3) is 0.917. The molecular formula is C12H22N2O2. The summed E-state index contributed by atoms with van der Waals surface area (Å²) in [5.74, 6) is 0.298. The van der Waals surface area contributed by atoms with Crippen LogP contribution in [0.1, 0.15) is 32.6 Å². The number of morpholine rings is 1. The van der Waals surface area contributed by atoms with Gasteiger partial charge in [0, 0.05) is 31.6 Å². The van der Waals surface area contributed by atoms with E-state index in [1.807, 2.05) is 0 Å². The summed E-state index contributed by atoms with van der Waals surface area (Å²) in [7, 11) is 0. The lowest BCUT2D eigenvalue weighted by molar-refractivity contribution is -0.133. The lowest BCUT2D eigenvalue weighted by Gasteiger charge is -2.27. The van der Waals surface area contributed by atoms with Crippen LogP contribution in [0.15, 0.2) is 0 Å². The van der Waals surface area contributed by atoms with Gasteiger partial charge in [0.25, 0.3) is 0 Å². The molecule has 0 aromatic carbocycles. The molecule has 0 radical (unpaired) electrons. The van der Waals surface area contributed by atoms with Crippen molar-refractivity contribution in [2.75, 3.05) is 26.3 Å². The van der Waals surface area contributed by atoms with E-state index >= 15 is 0 Å². The molecule has 92 valence electrons. The Morgan fingerprint density at radius 3 is 2.88 bits per heavy atom. The predicted octanol–water partition coefficient (Wildman–Crippen LogP) is 0.766. The number of rotatable bonds is 5. The van der Waals surface area contributed by atoms with Crippen LogP contribution < -0.4 is 5.32 Å². The van der Waals surface area contributed by atoms with Crippen molar-refractivity contribution in [1.82, 2.24) is 10.2 Å². The van der Waals surface area contributed by atoms with Gasteiger partial charge in [0.05, 0.1) is 13.2 Å². The number of ether oxygens (including phenoxy) is 1. The number of amides is 1. The van der Waals surface area contributed by atoms with Crippen LogP contribution in [0.5, 0.6) is 0 Å². The fourth-order valence-electron chi connectivity index (χ4n) is 2.22. The molecule has 2 fully saturated rings. The first-order valence-electron chi connectivity index (χ1n) is 6.42. The number of hydrogen-bond donors (Lipinski definition) is 1. The fourth-order valence-corrected chi connectivity index (χ4v) is 2.22. The van der Waals surface area contributed by atoms with Crippen molar-refractivity contribution in [3.8, 4) is 0 Å². The van der Waals surface area contributed by atoms with Gasteiger partial charge in [0.2, 0.25) is 5.91 Å². The molecule has 4 nitrogen and oxygen atoms in total. The molecule has 0 bridgehead atoms. The summed E-state index contributed by atoms with van der Waals surface area (Å²) in [5.41, 5.74) is 0. The van der Waals surface area contributed by atoms with Crippen LogP contribution in [-0.2, 0) is 9.53 Å². The van der Waals surface area contributed by atoms with Crippen LogP contribution in [0.3, 0.4) is 0 Å². The van der Waals surface area contributed by atoms with Crippen molar-refractivity contribution in [2.45, 2.75) is 44.7 Å². The van der Waals surface area contributed by atoms with Crippen molar-refractivity contribution >= 4 is 5.91 Å². The molecule has 1 aliphatic heterocycles. The second-order valence-electron chi connectivity index (χ2n) is 4.75. The summed E-state index contributed by atoms with van der Waals surface area (Å²) >= 11 is 0. The highest BCUT2D eigenvalue weighted by molar-refractivity contribution is 5.77. The van der Waals surface area contributed by atoms with E-state index in [2.05, 4.69) is 17.1 Å². The van der Waals surface area contributed by atoms with E-state index in [1.165, 1.54) is 12.8 Å². The molecule has 2 rings (SSSR count). The summed E-state index contributed by atoms with van der Waals surface area (Å²) < 4.78 is 5.37. The summed E-state index contributed by atoms with van der Waals surface area (Å²) in [5, 5.41) is 3.33. The van der Waals surface area contributed by atoms with Gasteiger partial charge in [-0.2, -0.15) is 0 Å². The lowest BCUT2D eigenvalue weighted by Crippen LogP contribution is -2.45. The Labute approximate surface area is 97.3 Å². The van der Waals surface area contributed by atoms with Gasteiger partial charge in [0.15, 0.2) is 0 Å². The first-order valence-corrected chi connectivity index (χ1v) is 6.42. The Hall–Kier alpha value is -0.610. The minimum atomic E-state index is 0.222. The number of nitrogens with zero attached hydrogens (tertiary/aromatic N) is 1. The van der Waals surface area contributed by atoms with Crippen molar-refractivity contribution in [3.05, 3.63) is 0 Å². The largest absolute Gasteiger partial charge is 0.378 e. The zero-order valence-electron chi connectivity index (χ0n) is 10.1. The van der Waals surface area contributed by atoms with Gasteiger partial charge in [-0.25, -0.2) is 0 Å². The molecule has 0 aromatic heterocycles. The molecule has 0 spiro atoms. The van der Waals surface area contributed by atoms with Gasteiger partial charge in [0.1, 0.15) is 0 Å². The smallest absolute Gasteiger partial charge is 0.224 e. The monoisotopic (exact) mass is 226 g/mol. The summed E-state index contributed by atoms with van der Waals surface area (Å²) in [6.07, 6.45) is 4.04. The SMILES string of the molecule is CCCN(C(=O)CC1COCCN1)C1CC1. The quantitative estimate of drug-likeness (QED) is 0.752. The van der Waals surface area contributed by atoms with Crippen LogP contribution in [0, 0.1) is 0 Å². The summed E-state index contributed by atoms with van der Waals surface area (Å²) in [4.78, 5) is 14.2. The lowest BCUT2D eigenvalue weighted by atomic mass is 10.1. The maximum absolute atomic E-state index is 12.1. The second-order valence-corrected chi connectivity index (χ2v) is 4.75. The minimum absolute atomic E-state index is 0.222. The number of nitrogens with one attached hydrogen (secondary N) is 1. The zero-order chi connectivity index (χ0) is 11.4. The van der Waals surface area contributed by atoms with Crippen LogP contribution in [0.25, 0.3) is 0 Å². The average molecular weight is 226 g/mol. The topological polar surface area (TPSA) is 41.6 Å². The van der Waals surface area contributed by atoms with E-state index in [4.69, 9.17) is 4.74 Å². The van der Waals surface area contributed by atoms with E-state index in [1.54, 1.807) is 0 Å². The highest BCUT2D eigenvalue weighted by Crippen LogP contribution is 2.27. The summed E-state index contributed by atoms with van der Waals surface area (Å²) in [6, 6.07) is 0.760. The van der Waals surface area contributed by atoms with Crippen molar-refractivity contribution in [3.63, 3.8) is 0 Å². The first kappa shape index (κ1) is 11.9. The molecule has 1 heterocycles. The normalized spacial score (nSPS) is 25.4. The molecule has 4 heteroatoms. The van der Waals surface area contributed by atoms with Crippen LogP contribution >= 0.6 is 0 Å². The van der Waals surface area contributed by atoms with Gasteiger partial charge in [-0.05, 0) is 19.3 Å². The average Bonchev–Trinajstić information content (AvgIpc) is 3.11. The van der Waals surface area contributed by atoms with E-state index in [0.717, 1.165) is 26.1 Å². The van der Waals surface area contributed by atoms with Crippen LogP contribution in [0.4, 0.5) is 0 Å². The van der Waals surface area contributed by atoms with E-state index in [0.29, 0.717) is 25.0 Å². The molecular weight excluding hydrogens is 204 g/mol. The molecule has 1 N–H and O–H groups in total. The van der Waals surface area contributed by atoms with Crippen molar-refractivity contribution in [2.24, 2.45) is 0 Å². The third-order valence-electron chi connectivity index (χ3n) is 3.19. The van der Waals surface area contributed by atoms with Crippen LogP contribution in [-0.4, -0.2) is 49.2 Å². The van der Waals surface area contributed by atoms with E-state index in [9.17, 15) is 4.79 Å². The zero-order valence-corrected chi connectivity index (χ0v) is 10.1. The second kappa shape index (κ2) is 5.64. The highest BCUT2D eigenvalue weighted by atomic mass is 16.5. The Bertz CT molecular complexity index is 235. The molecule has 1 saturated carbocycles. The Morgan fingerprint density at radius 1 is 1.50 bits per heavy atom. The molecule has 1 amide bonds. The van der Waals surface area contributed by atoms with E-state index < -0.39 is 0 Å². The van der Waals surface area contributed by atoms with Crippen molar-refractivity contribution in [1.29, 1.82) is 0 Å². The van der Waals surface area contributed by atoms with E-state index in [-0.39, 0.29) is 6.04 Å². The summed E-state index contributed by atoms with van der Waals surface area (Å²) in [6.45, 7) is 5.36. The third-order valence-corrected chi connectivity index (χ3v) is 3.19. The maximum atomic E-state index is 12.1. The standard InChI is InChI=1S/C12H22N2O2/c1-2-6-14(11-3-4-11)12(15)8-10-9-16-7-5-13-10/h10-11,13H,2-9H2,1H3. The van der Waals surface area contributed by atoms with Gasteiger partial charge in [-0.1, -0.05) is 6.92 Å². The van der Waals surface area contributed by atoms with Gasteiger partial charge < -0.3 is 15.0 Å². The molecule has 1 saturated heterocycles. The van der Waals surface area contributed by atoms with Crippen LogP contribution in [0.2, 0.25) is 0 Å². The Morgan fingerprint density at radius 2 is 2.31 bits per heavy atom. The molecule has 1 unspecified atom stereocenters. The first-order chi connectivity index (χ1) is 7.81. The van der Waals surface area contributed by atoms with Gasteiger partial charge in [-0.15, -0.1) is 0 Å². The van der Waals surface area contributed by atoms with Crippen molar-refractivity contribution < 1.29 is 9.53 Å². The molecule has 1 aliphatic carbocycles. The maximum Gasteiger partial charge on any atom is 0.224 e. The molecule has 0 aromatic rings. The van der Waals surface area contributed by atoms with Gasteiger partial charge >= 0.3 is 0 Å². The Balaban J connectivity index is 1.79. The minimum Gasteiger partial charge on any atom is -0.378 e. The molecule has 16 heavy (non-hydrogen) atoms. The Kier molecular flexibility index (Phi) is 4.18. The molecule has 2 aliphatic rings. The number of carbonyl (C=O) groups is 1. The van der Waals surface area contributed by atoms with Gasteiger partial charge in [-0.3, -0.25) is 4.79 Å². The number of carbonyl (C=O) groups excluding carboxylic acids is 1. The predicted molar refractivity (Wildman–Crippen MR) is 62.3 cm³/mol. The number of hydrogen-bond acceptors (Lipinski definition) is 3. The third kappa shape index (κ3) is 3.19. The highest BCUT2D eigenvalue weighted by Gasteiger charge is 2.32. The molecule has 1 atom stereocenters.